The number of nitrogens with zero attached hydrogens (tertiary/aromatic N) is 4. The monoisotopic (exact) mass is 332 g/mol. The van der Waals surface area contributed by atoms with Crippen molar-refractivity contribution in [3.8, 4) is 0 Å². The molecule has 1 saturated heterocycles. The molecular formula is C17H24N4OS. The fraction of sp³-hybridized carbons (Fsp3) is 0.647. The van der Waals surface area contributed by atoms with Crippen LogP contribution in [0.25, 0.3) is 0 Å². The van der Waals surface area contributed by atoms with Gasteiger partial charge in [0.15, 0.2) is 0 Å². The molecule has 0 amide bonds. The number of rotatable bonds is 3. The highest BCUT2D eigenvalue weighted by atomic mass is 32.1. The van der Waals surface area contributed by atoms with Crippen LogP contribution >= 0.6 is 11.3 Å². The second-order valence-corrected chi connectivity index (χ2v) is 8.34. The van der Waals surface area contributed by atoms with Crippen molar-refractivity contribution in [1.29, 1.82) is 0 Å². The van der Waals surface area contributed by atoms with Gasteiger partial charge in [0.05, 0.1) is 24.4 Å². The first kappa shape index (κ1) is 15.3. The predicted octanol–water partition coefficient (Wildman–Crippen LogP) is 2.40. The number of fused-ring (bicyclic) bond motifs is 1. The SMILES string of the molecule is Cc1nc(CN2C[C@H]3C[C@@H](n4cccn4)[C@H](O)C[C@H]3C2)sc1C. The number of aliphatic hydroxyl groups is 1. The second kappa shape index (κ2) is 6.00. The number of hydrogen-bond donors (Lipinski definition) is 1. The van der Waals surface area contributed by atoms with E-state index in [2.05, 4.69) is 28.8 Å². The van der Waals surface area contributed by atoms with E-state index in [0.29, 0.717) is 11.8 Å². The fourth-order valence-corrected chi connectivity index (χ4v) is 5.17. The zero-order chi connectivity index (χ0) is 16.0. The van der Waals surface area contributed by atoms with E-state index in [1.807, 2.05) is 28.3 Å². The summed E-state index contributed by atoms with van der Waals surface area (Å²) in [5, 5.41) is 16.1. The predicted molar refractivity (Wildman–Crippen MR) is 90.3 cm³/mol. The number of aromatic nitrogens is 3. The average Bonchev–Trinajstić information content (AvgIpc) is 3.20. The van der Waals surface area contributed by atoms with Crippen molar-refractivity contribution < 1.29 is 5.11 Å². The Morgan fingerprint density at radius 2 is 2.04 bits per heavy atom. The maximum absolute atomic E-state index is 10.5. The molecule has 0 aromatic carbocycles. The summed E-state index contributed by atoms with van der Waals surface area (Å²) in [7, 11) is 0. The second-order valence-electron chi connectivity index (χ2n) is 7.06. The third-order valence-electron chi connectivity index (χ3n) is 5.48. The molecule has 4 rings (SSSR count). The highest BCUT2D eigenvalue weighted by molar-refractivity contribution is 7.11. The van der Waals surface area contributed by atoms with Crippen LogP contribution in [0.2, 0.25) is 0 Å². The van der Waals surface area contributed by atoms with E-state index in [1.165, 1.54) is 9.88 Å². The first-order valence-corrected chi connectivity index (χ1v) is 9.24. The number of aryl methyl sites for hydroxylation is 2. The van der Waals surface area contributed by atoms with Crippen molar-refractivity contribution in [3.05, 3.63) is 34.0 Å². The molecule has 1 saturated carbocycles. The van der Waals surface area contributed by atoms with Crippen molar-refractivity contribution >= 4 is 11.3 Å². The van der Waals surface area contributed by atoms with Crippen LogP contribution in [-0.4, -0.2) is 44.0 Å². The molecule has 2 aliphatic rings. The van der Waals surface area contributed by atoms with Crippen molar-refractivity contribution in [1.82, 2.24) is 19.7 Å². The van der Waals surface area contributed by atoms with E-state index in [9.17, 15) is 5.11 Å². The Balaban J connectivity index is 1.43. The smallest absolute Gasteiger partial charge is 0.107 e. The lowest BCUT2D eigenvalue weighted by molar-refractivity contribution is 0.0306. The Bertz CT molecular complexity index is 649. The lowest BCUT2D eigenvalue weighted by atomic mass is 9.77. The van der Waals surface area contributed by atoms with Crippen LogP contribution in [0.15, 0.2) is 18.5 Å². The van der Waals surface area contributed by atoms with E-state index in [-0.39, 0.29) is 12.1 Å². The Morgan fingerprint density at radius 1 is 1.26 bits per heavy atom. The first-order chi connectivity index (χ1) is 11.1. The van der Waals surface area contributed by atoms with Gasteiger partial charge in [-0.3, -0.25) is 9.58 Å². The van der Waals surface area contributed by atoms with Crippen LogP contribution in [0.5, 0.6) is 0 Å². The molecule has 0 radical (unpaired) electrons. The summed E-state index contributed by atoms with van der Waals surface area (Å²) in [6, 6.07) is 2.07. The van der Waals surface area contributed by atoms with Crippen LogP contribution in [0, 0.1) is 25.7 Å². The number of thiazole rings is 1. The molecule has 2 aromatic rings. The van der Waals surface area contributed by atoms with E-state index in [4.69, 9.17) is 0 Å². The molecule has 5 nitrogen and oxygen atoms in total. The molecule has 1 N–H and O–H groups in total. The van der Waals surface area contributed by atoms with Crippen molar-refractivity contribution in [2.75, 3.05) is 13.1 Å². The molecule has 2 aromatic heterocycles. The van der Waals surface area contributed by atoms with E-state index < -0.39 is 0 Å². The first-order valence-electron chi connectivity index (χ1n) is 8.42. The molecule has 124 valence electrons. The molecule has 1 aliphatic heterocycles. The molecule has 1 aliphatic carbocycles. The summed E-state index contributed by atoms with van der Waals surface area (Å²) >= 11 is 1.82. The van der Waals surface area contributed by atoms with Crippen LogP contribution < -0.4 is 0 Å². The van der Waals surface area contributed by atoms with Gasteiger partial charge < -0.3 is 5.11 Å². The average molecular weight is 332 g/mol. The summed E-state index contributed by atoms with van der Waals surface area (Å²) in [5.41, 5.74) is 1.16. The van der Waals surface area contributed by atoms with Gasteiger partial charge in [-0.15, -0.1) is 11.3 Å². The van der Waals surface area contributed by atoms with Crippen molar-refractivity contribution in [2.24, 2.45) is 11.8 Å². The Labute approximate surface area is 141 Å². The molecule has 23 heavy (non-hydrogen) atoms. The summed E-state index contributed by atoms with van der Waals surface area (Å²) in [4.78, 5) is 8.52. The van der Waals surface area contributed by atoms with Gasteiger partial charge in [0.1, 0.15) is 5.01 Å². The van der Waals surface area contributed by atoms with Crippen LogP contribution in [0.1, 0.15) is 34.5 Å². The number of likely N-dealkylation sites (tertiary alicyclic amines) is 1. The Morgan fingerprint density at radius 3 is 2.70 bits per heavy atom. The molecule has 2 fully saturated rings. The van der Waals surface area contributed by atoms with E-state index >= 15 is 0 Å². The minimum absolute atomic E-state index is 0.135. The van der Waals surface area contributed by atoms with Crippen LogP contribution in [0.4, 0.5) is 0 Å². The lowest BCUT2D eigenvalue weighted by Crippen LogP contribution is -2.36. The minimum atomic E-state index is -0.277. The third-order valence-corrected chi connectivity index (χ3v) is 6.54. The van der Waals surface area contributed by atoms with Gasteiger partial charge in [-0.05, 0) is 44.6 Å². The van der Waals surface area contributed by atoms with Crippen LogP contribution in [-0.2, 0) is 6.54 Å². The van der Waals surface area contributed by atoms with Crippen molar-refractivity contribution in [2.45, 2.75) is 45.4 Å². The minimum Gasteiger partial charge on any atom is -0.391 e. The van der Waals surface area contributed by atoms with Gasteiger partial charge in [-0.2, -0.15) is 5.10 Å². The summed E-state index contributed by atoms with van der Waals surface area (Å²) in [6.07, 6.45) is 5.41. The van der Waals surface area contributed by atoms with E-state index in [1.54, 1.807) is 6.20 Å². The fourth-order valence-electron chi connectivity index (χ4n) is 4.19. The normalized spacial score (nSPS) is 31.4. The topological polar surface area (TPSA) is 54.2 Å². The molecule has 3 heterocycles. The zero-order valence-corrected chi connectivity index (χ0v) is 14.5. The molecule has 0 bridgehead atoms. The van der Waals surface area contributed by atoms with Crippen LogP contribution in [0.3, 0.4) is 0 Å². The molecule has 0 spiro atoms. The zero-order valence-electron chi connectivity index (χ0n) is 13.7. The van der Waals surface area contributed by atoms with Gasteiger partial charge in [0.25, 0.3) is 0 Å². The molecule has 4 atom stereocenters. The maximum atomic E-state index is 10.5. The summed E-state index contributed by atoms with van der Waals surface area (Å²) in [5.74, 6) is 1.27. The Hall–Kier alpha value is -1.24. The molecular weight excluding hydrogens is 308 g/mol. The van der Waals surface area contributed by atoms with Gasteiger partial charge in [-0.1, -0.05) is 0 Å². The van der Waals surface area contributed by atoms with Crippen molar-refractivity contribution in [3.63, 3.8) is 0 Å². The van der Waals surface area contributed by atoms with Gasteiger partial charge in [0, 0.05) is 30.4 Å². The van der Waals surface area contributed by atoms with E-state index in [0.717, 1.165) is 38.2 Å². The van der Waals surface area contributed by atoms with Gasteiger partial charge in [0.2, 0.25) is 0 Å². The van der Waals surface area contributed by atoms with Gasteiger partial charge in [-0.25, -0.2) is 4.98 Å². The molecule has 6 heteroatoms. The lowest BCUT2D eigenvalue weighted by Gasteiger charge is -2.35. The largest absolute Gasteiger partial charge is 0.391 e. The quantitative estimate of drug-likeness (QED) is 0.938. The van der Waals surface area contributed by atoms with Gasteiger partial charge >= 0.3 is 0 Å². The Kier molecular flexibility index (Phi) is 3.99. The number of hydrogen-bond acceptors (Lipinski definition) is 5. The standard InChI is InChI=1S/C17H24N4OS/c1-11-12(2)23-17(19-11)10-20-8-13-6-15(21-5-3-4-18-21)16(22)7-14(13)9-20/h3-5,13-16,22H,6-10H2,1-2H3/t13-,14+,15-,16-/m1/s1. The summed E-state index contributed by atoms with van der Waals surface area (Å²) in [6.45, 7) is 7.39. The maximum Gasteiger partial charge on any atom is 0.107 e. The number of aliphatic hydroxyl groups excluding tert-OH is 1. The third kappa shape index (κ3) is 2.95. The highest BCUT2D eigenvalue weighted by Gasteiger charge is 2.42. The highest BCUT2D eigenvalue weighted by Crippen LogP contribution is 2.41. The summed E-state index contributed by atoms with van der Waals surface area (Å²) < 4.78 is 1.94. The molecule has 0 unspecified atom stereocenters.